The van der Waals surface area contributed by atoms with Gasteiger partial charge in [-0.05, 0) is 24.5 Å². The predicted octanol–water partition coefficient (Wildman–Crippen LogP) is 2.93. The van der Waals surface area contributed by atoms with Crippen LogP contribution in [0.1, 0.15) is 37.0 Å². The van der Waals surface area contributed by atoms with Crippen LogP contribution in [0.5, 0.6) is 0 Å². The van der Waals surface area contributed by atoms with E-state index in [0.29, 0.717) is 6.61 Å². The normalized spacial score (nSPS) is 22.8. The topological polar surface area (TPSA) is 58.6 Å². The van der Waals surface area contributed by atoms with Crippen LogP contribution >= 0.6 is 0 Å². The standard InChI is InChI=1S/C20H23NO3/c1-20(23,16-10-6-3-7-11-16)14-18(22)21-17-12-13-24-19(17)15-8-4-2-5-9-15/h2-11,17,19,23H,12-14H2,1H3,(H,21,22). The molecule has 3 rings (SSSR count). The second kappa shape index (κ2) is 7.16. The van der Waals surface area contributed by atoms with Crippen molar-refractivity contribution in [2.45, 2.75) is 37.5 Å². The van der Waals surface area contributed by atoms with Crippen LogP contribution in [0.4, 0.5) is 0 Å². The van der Waals surface area contributed by atoms with Crippen LogP contribution in [-0.2, 0) is 15.1 Å². The van der Waals surface area contributed by atoms with Crippen molar-refractivity contribution in [3.05, 3.63) is 71.8 Å². The molecule has 1 heterocycles. The molecule has 4 nitrogen and oxygen atoms in total. The number of nitrogens with one attached hydrogen (secondary N) is 1. The number of hydrogen-bond donors (Lipinski definition) is 2. The number of amides is 1. The summed E-state index contributed by atoms with van der Waals surface area (Å²) in [5.74, 6) is -0.166. The van der Waals surface area contributed by atoms with Crippen LogP contribution in [0, 0.1) is 0 Å². The molecule has 1 fully saturated rings. The largest absolute Gasteiger partial charge is 0.385 e. The summed E-state index contributed by atoms with van der Waals surface area (Å²) in [5.41, 5.74) is 0.616. The molecule has 1 aliphatic rings. The zero-order valence-electron chi connectivity index (χ0n) is 13.8. The average molecular weight is 325 g/mol. The lowest BCUT2D eigenvalue weighted by molar-refractivity contribution is -0.127. The minimum atomic E-state index is -1.19. The molecule has 0 saturated carbocycles. The fraction of sp³-hybridized carbons (Fsp3) is 0.350. The van der Waals surface area contributed by atoms with Gasteiger partial charge in [0.1, 0.15) is 6.10 Å². The van der Waals surface area contributed by atoms with E-state index in [1.165, 1.54) is 0 Å². The molecule has 2 N–H and O–H groups in total. The second-order valence-corrected chi connectivity index (χ2v) is 6.48. The third-order valence-corrected chi connectivity index (χ3v) is 4.47. The van der Waals surface area contributed by atoms with Crippen molar-refractivity contribution in [3.8, 4) is 0 Å². The molecule has 3 unspecified atom stereocenters. The number of rotatable bonds is 5. The van der Waals surface area contributed by atoms with E-state index >= 15 is 0 Å². The van der Waals surface area contributed by atoms with Crippen molar-refractivity contribution >= 4 is 5.91 Å². The zero-order chi connectivity index (χ0) is 17.0. The smallest absolute Gasteiger partial charge is 0.223 e. The first-order valence-electron chi connectivity index (χ1n) is 8.30. The lowest BCUT2D eigenvalue weighted by Crippen LogP contribution is -2.40. The van der Waals surface area contributed by atoms with E-state index < -0.39 is 5.60 Å². The molecule has 1 amide bonds. The lowest BCUT2D eigenvalue weighted by atomic mass is 9.92. The summed E-state index contributed by atoms with van der Waals surface area (Å²) in [7, 11) is 0. The minimum Gasteiger partial charge on any atom is -0.385 e. The summed E-state index contributed by atoms with van der Waals surface area (Å²) in [6.45, 7) is 2.29. The zero-order valence-corrected chi connectivity index (χ0v) is 13.8. The molecular weight excluding hydrogens is 302 g/mol. The van der Waals surface area contributed by atoms with Crippen LogP contribution in [0.3, 0.4) is 0 Å². The number of benzene rings is 2. The highest BCUT2D eigenvalue weighted by atomic mass is 16.5. The lowest BCUT2D eigenvalue weighted by Gasteiger charge is -2.25. The van der Waals surface area contributed by atoms with E-state index in [0.717, 1.165) is 17.5 Å². The molecule has 2 aromatic carbocycles. The van der Waals surface area contributed by atoms with Crippen LogP contribution in [0.15, 0.2) is 60.7 Å². The number of carbonyl (C=O) groups is 1. The molecule has 0 aliphatic carbocycles. The van der Waals surface area contributed by atoms with Crippen LogP contribution < -0.4 is 5.32 Å². The second-order valence-electron chi connectivity index (χ2n) is 6.48. The van der Waals surface area contributed by atoms with Gasteiger partial charge >= 0.3 is 0 Å². The highest BCUT2D eigenvalue weighted by Gasteiger charge is 2.33. The van der Waals surface area contributed by atoms with E-state index in [-0.39, 0.29) is 24.5 Å². The molecule has 0 spiro atoms. The maximum Gasteiger partial charge on any atom is 0.223 e. The summed E-state index contributed by atoms with van der Waals surface area (Å²) in [4.78, 5) is 12.4. The SMILES string of the molecule is CC(O)(CC(=O)NC1CCOC1c1ccccc1)c1ccccc1. The Kier molecular flexibility index (Phi) is 4.97. The van der Waals surface area contributed by atoms with E-state index in [2.05, 4.69) is 5.32 Å². The fourth-order valence-electron chi connectivity index (χ4n) is 3.18. The Morgan fingerprint density at radius 2 is 1.79 bits per heavy atom. The molecule has 0 aromatic heterocycles. The van der Waals surface area contributed by atoms with Gasteiger partial charge in [0.2, 0.25) is 5.91 Å². The van der Waals surface area contributed by atoms with Crippen LogP contribution in [0.25, 0.3) is 0 Å². The van der Waals surface area contributed by atoms with Gasteiger partial charge in [0, 0.05) is 6.61 Å². The molecule has 0 radical (unpaired) electrons. The van der Waals surface area contributed by atoms with Gasteiger partial charge in [0.05, 0.1) is 18.1 Å². The monoisotopic (exact) mass is 325 g/mol. The Morgan fingerprint density at radius 3 is 2.46 bits per heavy atom. The van der Waals surface area contributed by atoms with Gasteiger partial charge < -0.3 is 15.2 Å². The maximum atomic E-state index is 12.4. The Labute approximate surface area is 142 Å². The van der Waals surface area contributed by atoms with Gasteiger partial charge in [0.15, 0.2) is 0 Å². The Bertz CT molecular complexity index is 670. The van der Waals surface area contributed by atoms with Crippen molar-refractivity contribution in [3.63, 3.8) is 0 Å². The molecule has 0 bridgehead atoms. The Hall–Kier alpha value is -2.17. The summed E-state index contributed by atoms with van der Waals surface area (Å²) in [6, 6.07) is 19.1. The highest BCUT2D eigenvalue weighted by molar-refractivity contribution is 5.77. The molecule has 24 heavy (non-hydrogen) atoms. The highest BCUT2D eigenvalue weighted by Crippen LogP contribution is 2.30. The van der Waals surface area contributed by atoms with Gasteiger partial charge in [0.25, 0.3) is 0 Å². The first kappa shape index (κ1) is 16.7. The third kappa shape index (κ3) is 3.83. The van der Waals surface area contributed by atoms with Crippen molar-refractivity contribution in [1.29, 1.82) is 0 Å². The number of ether oxygens (including phenoxy) is 1. The molecule has 1 aliphatic heterocycles. The molecular formula is C20H23NO3. The van der Waals surface area contributed by atoms with Crippen LogP contribution in [-0.4, -0.2) is 23.7 Å². The van der Waals surface area contributed by atoms with Crippen molar-refractivity contribution in [1.82, 2.24) is 5.32 Å². The number of carbonyl (C=O) groups excluding carboxylic acids is 1. The quantitative estimate of drug-likeness (QED) is 0.888. The van der Waals surface area contributed by atoms with Crippen molar-refractivity contribution in [2.24, 2.45) is 0 Å². The van der Waals surface area contributed by atoms with Gasteiger partial charge in [-0.25, -0.2) is 0 Å². The van der Waals surface area contributed by atoms with Gasteiger partial charge in [-0.3, -0.25) is 4.79 Å². The molecule has 2 aromatic rings. The summed E-state index contributed by atoms with van der Waals surface area (Å²) in [5, 5.41) is 13.7. The summed E-state index contributed by atoms with van der Waals surface area (Å²) in [6.07, 6.45) is 0.671. The van der Waals surface area contributed by atoms with Crippen molar-refractivity contribution in [2.75, 3.05) is 6.61 Å². The number of aliphatic hydroxyl groups is 1. The van der Waals surface area contributed by atoms with Gasteiger partial charge in [-0.1, -0.05) is 60.7 Å². The van der Waals surface area contributed by atoms with Crippen LogP contribution in [0.2, 0.25) is 0 Å². The van der Waals surface area contributed by atoms with E-state index in [1.54, 1.807) is 6.92 Å². The fourth-order valence-corrected chi connectivity index (χ4v) is 3.18. The molecule has 3 atom stereocenters. The first-order chi connectivity index (χ1) is 11.6. The molecule has 4 heteroatoms. The first-order valence-corrected chi connectivity index (χ1v) is 8.30. The van der Waals surface area contributed by atoms with E-state index in [4.69, 9.17) is 4.74 Å². The molecule has 1 saturated heterocycles. The predicted molar refractivity (Wildman–Crippen MR) is 92.3 cm³/mol. The summed E-state index contributed by atoms with van der Waals surface area (Å²) < 4.78 is 5.79. The summed E-state index contributed by atoms with van der Waals surface area (Å²) >= 11 is 0. The average Bonchev–Trinajstić information content (AvgIpc) is 3.04. The molecule has 126 valence electrons. The van der Waals surface area contributed by atoms with Crippen molar-refractivity contribution < 1.29 is 14.6 Å². The van der Waals surface area contributed by atoms with E-state index in [9.17, 15) is 9.90 Å². The van der Waals surface area contributed by atoms with Gasteiger partial charge in [-0.15, -0.1) is 0 Å². The van der Waals surface area contributed by atoms with E-state index in [1.807, 2.05) is 60.7 Å². The Morgan fingerprint density at radius 1 is 1.17 bits per heavy atom. The maximum absolute atomic E-state index is 12.4. The third-order valence-electron chi connectivity index (χ3n) is 4.47. The van der Waals surface area contributed by atoms with Gasteiger partial charge in [-0.2, -0.15) is 0 Å². The minimum absolute atomic E-state index is 0.0228. The number of hydrogen-bond acceptors (Lipinski definition) is 3. The Balaban J connectivity index is 1.64.